The third-order valence-corrected chi connectivity index (χ3v) is 9.48. The maximum Gasteiger partial charge on any atom is 0.536 e. The zero-order valence-electron chi connectivity index (χ0n) is 13.5. The first-order chi connectivity index (χ1) is 10.5. The molecule has 8 heteroatoms. The fourth-order valence-corrected chi connectivity index (χ4v) is 7.15. The Kier molecular flexibility index (Phi) is 6.11. The molecule has 124 valence electrons. The molecule has 2 rings (SSSR count). The minimum absolute atomic E-state index is 0.556. The van der Waals surface area contributed by atoms with Gasteiger partial charge in [0.1, 0.15) is 5.75 Å². The number of hydrogen-bond donors (Lipinski definition) is 1. The summed E-state index contributed by atoms with van der Waals surface area (Å²) in [6.07, 6.45) is 1.01. The van der Waals surface area contributed by atoms with Crippen LogP contribution in [0.5, 0.6) is 5.75 Å². The van der Waals surface area contributed by atoms with Gasteiger partial charge in [-0.3, -0.25) is 0 Å². The maximum atomic E-state index is 6.17. The van der Waals surface area contributed by atoms with Crippen LogP contribution in [-0.2, 0) is 24.3 Å². The van der Waals surface area contributed by atoms with Crippen molar-refractivity contribution in [1.82, 2.24) is 0 Å². The van der Waals surface area contributed by atoms with Crippen LogP contribution in [-0.4, -0.2) is 44.4 Å². The third kappa shape index (κ3) is 3.58. The zero-order chi connectivity index (χ0) is 16.2. The molecule has 1 aromatic rings. The van der Waals surface area contributed by atoms with Gasteiger partial charge in [-0.15, -0.1) is 0 Å². The smallest absolute Gasteiger partial charge is 0.520 e. The van der Waals surface area contributed by atoms with Gasteiger partial charge in [-0.05, 0) is 30.9 Å². The van der Waals surface area contributed by atoms with E-state index in [1.807, 2.05) is 18.2 Å². The van der Waals surface area contributed by atoms with Gasteiger partial charge in [0.25, 0.3) is 0 Å². The highest BCUT2D eigenvalue weighted by Gasteiger charge is 2.43. The molecule has 0 aromatic heterocycles. The fourth-order valence-electron chi connectivity index (χ4n) is 2.60. The van der Waals surface area contributed by atoms with Crippen molar-refractivity contribution in [2.75, 3.05) is 27.1 Å². The normalized spacial score (nSPS) is 21.3. The highest BCUT2D eigenvalue weighted by atomic mass is 32.1. The van der Waals surface area contributed by atoms with Crippen LogP contribution in [0.15, 0.2) is 18.2 Å². The summed E-state index contributed by atoms with van der Waals surface area (Å²) in [7, 11) is -0.135. The third-order valence-electron chi connectivity index (χ3n) is 3.87. The van der Waals surface area contributed by atoms with E-state index in [0.29, 0.717) is 6.61 Å². The van der Waals surface area contributed by atoms with Gasteiger partial charge in [0.05, 0.1) is 6.61 Å². The van der Waals surface area contributed by atoms with E-state index in [1.165, 1.54) is 0 Å². The van der Waals surface area contributed by atoms with Crippen molar-refractivity contribution in [1.29, 1.82) is 0 Å². The van der Waals surface area contributed by atoms with Crippen molar-refractivity contribution >= 4 is 35.2 Å². The van der Waals surface area contributed by atoms with Crippen LogP contribution in [0.25, 0.3) is 0 Å². The van der Waals surface area contributed by atoms with E-state index in [1.54, 1.807) is 21.3 Å². The molecule has 1 heterocycles. The maximum absolute atomic E-state index is 6.17. The molecule has 22 heavy (non-hydrogen) atoms. The lowest BCUT2D eigenvalue weighted by Gasteiger charge is -2.34. The molecule has 1 aliphatic rings. The van der Waals surface area contributed by atoms with Crippen molar-refractivity contribution in [2.24, 2.45) is 0 Å². The van der Waals surface area contributed by atoms with Crippen molar-refractivity contribution in [3.05, 3.63) is 23.8 Å². The Hall–Kier alpha value is -0.356. The quantitative estimate of drug-likeness (QED) is 0.596. The summed E-state index contributed by atoms with van der Waals surface area (Å²) < 4.78 is 28.8. The first kappa shape index (κ1) is 18.0. The molecule has 1 aliphatic heterocycles. The molecule has 1 aromatic carbocycles. The number of hydrogen-bond acceptors (Lipinski definition) is 6. The Labute approximate surface area is 139 Å². The van der Waals surface area contributed by atoms with Crippen LogP contribution in [0.2, 0.25) is 12.6 Å². The Bertz CT molecular complexity index is 504. The molecule has 0 amide bonds. The molecule has 0 saturated carbocycles. The predicted molar refractivity (Wildman–Crippen MR) is 93.2 cm³/mol. The van der Waals surface area contributed by atoms with E-state index in [-0.39, 0.29) is 0 Å². The Balaban J connectivity index is 2.24. The van der Waals surface area contributed by atoms with Crippen molar-refractivity contribution in [2.45, 2.75) is 25.6 Å². The summed E-state index contributed by atoms with van der Waals surface area (Å²) >= 11 is 4.26. The zero-order valence-corrected chi connectivity index (χ0v) is 16.4. The van der Waals surface area contributed by atoms with Gasteiger partial charge in [0, 0.05) is 38.1 Å². The standard InChI is InChI=1S/C14H24O5SSi2/c1-15-22(16-2,17-3)13-6-7-14-12(10-13)11-18-21(4,19-14)9-5-8-20/h6-7,10,20H,5,8-9,11H2,1-4H3. The SMILES string of the molecule is CO[Si](OC)(OC)c1ccc2c(c1)CO[Si](C)(CCCS)O2. The Morgan fingerprint density at radius 1 is 1.23 bits per heavy atom. The monoisotopic (exact) mass is 360 g/mol. The van der Waals surface area contributed by atoms with Crippen molar-refractivity contribution in [3.8, 4) is 5.75 Å². The van der Waals surface area contributed by atoms with Gasteiger partial charge in [-0.2, -0.15) is 12.6 Å². The molecule has 0 radical (unpaired) electrons. The van der Waals surface area contributed by atoms with Gasteiger partial charge in [-0.1, -0.05) is 6.07 Å². The minimum atomic E-state index is -2.82. The molecule has 5 nitrogen and oxygen atoms in total. The van der Waals surface area contributed by atoms with Crippen LogP contribution < -0.4 is 9.61 Å². The first-order valence-electron chi connectivity index (χ1n) is 7.25. The van der Waals surface area contributed by atoms with Gasteiger partial charge >= 0.3 is 17.4 Å². The fraction of sp³-hybridized carbons (Fsp3) is 0.571. The number of thiol groups is 1. The van der Waals surface area contributed by atoms with Crippen molar-refractivity contribution in [3.63, 3.8) is 0 Å². The number of benzene rings is 1. The molecular weight excluding hydrogens is 336 g/mol. The molecule has 0 bridgehead atoms. The van der Waals surface area contributed by atoms with Crippen LogP contribution >= 0.6 is 12.6 Å². The van der Waals surface area contributed by atoms with E-state index < -0.39 is 17.4 Å². The summed E-state index contributed by atoms with van der Waals surface area (Å²) in [5.41, 5.74) is 1.01. The molecule has 0 aliphatic carbocycles. The summed E-state index contributed by atoms with van der Waals surface area (Å²) in [5, 5.41) is 0.909. The molecule has 1 atom stereocenters. The van der Waals surface area contributed by atoms with Crippen LogP contribution in [0.3, 0.4) is 0 Å². The van der Waals surface area contributed by atoms with E-state index in [2.05, 4.69) is 19.2 Å². The minimum Gasteiger partial charge on any atom is -0.520 e. The summed E-state index contributed by atoms with van der Waals surface area (Å²) in [4.78, 5) is 0. The highest BCUT2D eigenvalue weighted by Crippen LogP contribution is 2.31. The van der Waals surface area contributed by atoms with E-state index >= 15 is 0 Å². The predicted octanol–water partition coefficient (Wildman–Crippen LogP) is 2.07. The lowest BCUT2D eigenvalue weighted by atomic mass is 10.2. The number of rotatable bonds is 7. The second kappa shape index (κ2) is 7.48. The lowest BCUT2D eigenvalue weighted by molar-refractivity contribution is 0.140. The van der Waals surface area contributed by atoms with E-state index in [4.69, 9.17) is 22.1 Å². The van der Waals surface area contributed by atoms with Crippen LogP contribution in [0.1, 0.15) is 12.0 Å². The van der Waals surface area contributed by atoms with E-state index in [0.717, 1.165) is 34.7 Å². The summed E-state index contributed by atoms with van der Waals surface area (Å²) in [6, 6.07) is 6.88. The van der Waals surface area contributed by atoms with Gasteiger partial charge in [0.2, 0.25) is 0 Å². The Morgan fingerprint density at radius 3 is 2.50 bits per heavy atom. The molecule has 1 unspecified atom stereocenters. The second-order valence-electron chi connectivity index (χ2n) is 5.34. The van der Waals surface area contributed by atoms with Gasteiger partial charge < -0.3 is 22.1 Å². The molecule has 0 saturated heterocycles. The topological polar surface area (TPSA) is 46.2 Å². The van der Waals surface area contributed by atoms with E-state index in [9.17, 15) is 0 Å². The largest absolute Gasteiger partial charge is 0.536 e. The molecule has 0 fully saturated rings. The lowest BCUT2D eigenvalue weighted by Crippen LogP contribution is -2.55. The molecule has 0 N–H and O–H groups in total. The highest BCUT2D eigenvalue weighted by molar-refractivity contribution is 7.80. The summed E-state index contributed by atoms with van der Waals surface area (Å²) in [6.45, 7) is 2.66. The van der Waals surface area contributed by atoms with Crippen LogP contribution in [0.4, 0.5) is 0 Å². The molecular formula is C14H24O5SSi2. The Morgan fingerprint density at radius 2 is 1.91 bits per heavy atom. The van der Waals surface area contributed by atoms with Crippen LogP contribution in [0, 0.1) is 0 Å². The van der Waals surface area contributed by atoms with Gasteiger partial charge in [0.15, 0.2) is 0 Å². The molecule has 0 spiro atoms. The average molecular weight is 361 g/mol. The second-order valence-corrected chi connectivity index (χ2v) is 12.0. The number of fused-ring (bicyclic) bond motifs is 1. The average Bonchev–Trinajstić information content (AvgIpc) is 2.55. The van der Waals surface area contributed by atoms with Gasteiger partial charge in [-0.25, -0.2) is 0 Å². The summed E-state index contributed by atoms with van der Waals surface area (Å²) in [5.74, 6) is 1.75. The van der Waals surface area contributed by atoms with Crippen molar-refractivity contribution < 1.29 is 22.1 Å². The first-order valence-corrected chi connectivity index (χ1v) is 12.1.